The van der Waals surface area contributed by atoms with Crippen molar-refractivity contribution in [1.82, 2.24) is 10.2 Å². The standard InChI is InChI=1S/C12H26N2O/c1-7-11(8-2)9(3)13-10(4)12(15)14(5)6/h9-11,13H,7-8H2,1-6H3. The lowest BCUT2D eigenvalue weighted by Gasteiger charge is -2.27. The SMILES string of the molecule is CCC(CC)C(C)NC(C)C(=O)N(C)C. The third-order valence-electron chi connectivity index (χ3n) is 3.08. The molecule has 3 heteroatoms. The van der Waals surface area contributed by atoms with Crippen LogP contribution in [0.3, 0.4) is 0 Å². The number of hydrogen-bond donors (Lipinski definition) is 1. The van der Waals surface area contributed by atoms with Crippen LogP contribution in [-0.2, 0) is 4.79 Å². The van der Waals surface area contributed by atoms with E-state index in [0.717, 1.165) is 12.8 Å². The summed E-state index contributed by atoms with van der Waals surface area (Å²) < 4.78 is 0. The lowest BCUT2D eigenvalue weighted by Crippen LogP contribution is -2.47. The van der Waals surface area contributed by atoms with Gasteiger partial charge in [-0.25, -0.2) is 0 Å². The number of carbonyl (C=O) groups is 1. The Hall–Kier alpha value is -0.570. The number of rotatable bonds is 6. The molecule has 0 radical (unpaired) electrons. The van der Waals surface area contributed by atoms with Crippen molar-refractivity contribution < 1.29 is 4.79 Å². The van der Waals surface area contributed by atoms with Gasteiger partial charge in [0.1, 0.15) is 0 Å². The Morgan fingerprint density at radius 1 is 1.20 bits per heavy atom. The molecule has 0 heterocycles. The van der Waals surface area contributed by atoms with Crippen LogP contribution in [0.1, 0.15) is 40.5 Å². The van der Waals surface area contributed by atoms with Crippen molar-refractivity contribution in [2.45, 2.75) is 52.6 Å². The molecule has 0 aromatic carbocycles. The minimum absolute atomic E-state index is 0.0874. The van der Waals surface area contributed by atoms with Crippen LogP contribution >= 0.6 is 0 Å². The van der Waals surface area contributed by atoms with Crippen LogP contribution in [0.4, 0.5) is 0 Å². The monoisotopic (exact) mass is 214 g/mol. The summed E-state index contributed by atoms with van der Waals surface area (Å²) in [7, 11) is 3.59. The summed E-state index contributed by atoms with van der Waals surface area (Å²) >= 11 is 0. The second-order valence-corrected chi connectivity index (χ2v) is 4.49. The second kappa shape index (κ2) is 6.83. The molecule has 1 N–H and O–H groups in total. The summed E-state index contributed by atoms with van der Waals surface area (Å²) in [6.07, 6.45) is 2.32. The summed E-state index contributed by atoms with van der Waals surface area (Å²) in [5.41, 5.74) is 0. The van der Waals surface area contributed by atoms with Crippen molar-refractivity contribution in [2.24, 2.45) is 5.92 Å². The van der Waals surface area contributed by atoms with Crippen LogP contribution in [0.2, 0.25) is 0 Å². The highest BCUT2D eigenvalue weighted by Gasteiger charge is 2.20. The molecule has 0 aromatic heterocycles. The zero-order chi connectivity index (χ0) is 12.0. The van der Waals surface area contributed by atoms with Gasteiger partial charge in [-0.05, 0) is 19.8 Å². The normalized spacial score (nSPS) is 15.1. The average molecular weight is 214 g/mol. The van der Waals surface area contributed by atoms with Gasteiger partial charge in [-0.1, -0.05) is 26.7 Å². The first-order valence-corrected chi connectivity index (χ1v) is 5.91. The maximum absolute atomic E-state index is 11.6. The molecule has 0 bridgehead atoms. The first-order valence-electron chi connectivity index (χ1n) is 5.91. The average Bonchev–Trinajstić information content (AvgIpc) is 2.18. The summed E-state index contributed by atoms with van der Waals surface area (Å²) in [6.45, 7) is 8.49. The number of amides is 1. The molecule has 3 nitrogen and oxygen atoms in total. The predicted octanol–water partition coefficient (Wildman–Crippen LogP) is 1.88. The van der Waals surface area contributed by atoms with Gasteiger partial charge >= 0.3 is 0 Å². The van der Waals surface area contributed by atoms with Gasteiger partial charge in [-0.2, -0.15) is 0 Å². The largest absolute Gasteiger partial charge is 0.347 e. The van der Waals surface area contributed by atoms with E-state index in [1.54, 1.807) is 19.0 Å². The fraction of sp³-hybridized carbons (Fsp3) is 0.917. The van der Waals surface area contributed by atoms with Gasteiger partial charge in [0, 0.05) is 20.1 Å². The summed E-state index contributed by atoms with van der Waals surface area (Å²) in [6, 6.07) is 0.314. The van der Waals surface area contributed by atoms with E-state index in [-0.39, 0.29) is 11.9 Å². The Morgan fingerprint density at radius 3 is 2.00 bits per heavy atom. The van der Waals surface area contributed by atoms with E-state index in [1.165, 1.54) is 0 Å². The number of nitrogens with zero attached hydrogens (tertiary/aromatic N) is 1. The van der Waals surface area contributed by atoms with E-state index >= 15 is 0 Å². The Labute approximate surface area is 94.2 Å². The van der Waals surface area contributed by atoms with E-state index in [4.69, 9.17) is 0 Å². The molecule has 0 saturated heterocycles. The van der Waals surface area contributed by atoms with Gasteiger partial charge in [-0.15, -0.1) is 0 Å². The fourth-order valence-corrected chi connectivity index (χ4v) is 1.98. The maximum atomic E-state index is 11.6. The molecule has 1 amide bonds. The predicted molar refractivity (Wildman–Crippen MR) is 64.8 cm³/mol. The summed E-state index contributed by atoms with van der Waals surface area (Å²) in [5.74, 6) is 0.801. The molecule has 0 aromatic rings. The number of hydrogen-bond acceptors (Lipinski definition) is 2. The van der Waals surface area contributed by atoms with Crippen molar-refractivity contribution in [3.8, 4) is 0 Å². The van der Waals surface area contributed by atoms with E-state index < -0.39 is 0 Å². The number of likely N-dealkylation sites (N-methyl/N-ethyl adjacent to an activating group) is 1. The Balaban J connectivity index is 4.16. The molecule has 0 aliphatic heterocycles. The summed E-state index contributed by atoms with van der Waals surface area (Å²) in [4.78, 5) is 13.3. The van der Waals surface area contributed by atoms with Gasteiger partial charge in [0.25, 0.3) is 0 Å². The Morgan fingerprint density at radius 2 is 1.67 bits per heavy atom. The van der Waals surface area contributed by atoms with Crippen molar-refractivity contribution in [1.29, 1.82) is 0 Å². The van der Waals surface area contributed by atoms with Crippen molar-refractivity contribution >= 4 is 5.91 Å². The van der Waals surface area contributed by atoms with Crippen LogP contribution in [0.25, 0.3) is 0 Å². The Bertz CT molecular complexity index is 188. The molecule has 2 atom stereocenters. The molecule has 15 heavy (non-hydrogen) atoms. The lowest BCUT2D eigenvalue weighted by atomic mass is 9.95. The van der Waals surface area contributed by atoms with E-state index in [9.17, 15) is 4.79 Å². The topological polar surface area (TPSA) is 32.3 Å². The number of nitrogens with one attached hydrogen (secondary N) is 1. The first kappa shape index (κ1) is 14.4. The minimum atomic E-state index is -0.0874. The maximum Gasteiger partial charge on any atom is 0.238 e. The Kier molecular flexibility index (Phi) is 6.57. The third-order valence-corrected chi connectivity index (χ3v) is 3.08. The molecular formula is C12H26N2O. The highest BCUT2D eigenvalue weighted by molar-refractivity contribution is 5.80. The van der Waals surface area contributed by atoms with Crippen molar-refractivity contribution in [2.75, 3.05) is 14.1 Å². The molecule has 0 rings (SSSR count). The zero-order valence-corrected chi connectivity index (χ0v) is 11.0. The van der Waals surface area contributed by atoms with Crippen LogP contribution < -0.4 is 5.32 Å². The van der Waals surface area contributed by atoms with E-state index in [1.807, 2.05) is 6.92 Å². The summed E-state index contributed by atoms with van der Waals surface area (Å²) in [5, 5.41) is 3.37. The molecular weight excluding hydrogens is 188 g/mol. The highest BCUT2D eigenvalue weighted by atomic mass is 16.2. The smallest absolute Gasteiger partial charge is 0.238 e. The van der Waals surface area contributed by atoms with Crippen LogP contribution in [0, 0.1) is 5.92 Å². The highest BCUT2D eigenvalue weighted by Crippen LogP contribution is 2.13. The molecule has 0 spiro atoms. The van der Waals surface area contributed by atoms with Gasteiger partial charge in [-0.3, -0.25) is 4.79 Å². The quantitative estimate of drug-likeness (QED) is 0.732. The molecule has 0 fully saturated rings. The van der Waals surface area contributed by atoms with E-state index in [2.05, 4.69) is 26.1 Å². The zero-order valence-electron chi connectivity index (χ0n) is 11.0. The van der Waals surface area contributed by atoms with Crippen LogP contribution in [0.15, 0.2) is 0 Å². The van der Waals surface area contributed by atoms with Gasteiger partial charge in [0.05, 0.1) is 6.04 Å². The first-order chi connectivity index (χ1) is 6.93. The van der Waals surface area contributed by atoms with Gasteiger partial charge in [0.2, 0.25) is 5.91 Å². The molecule has 0 saturated carbocycles. The molecule has 0 aliphatic rings. The second-order valence-electron chi connectivity index (χ2n) is 4.49. The lowest BCUT2D eigenvalue weighted by molar-refractivity contribution is -0.130. The van der Waals surface area contributed by atoms with Gasteiger partial charge < -0.3 is 10.2 Å². The van der Waals surface area contributed by atoms with Crippen molar-refractivity contribution in [3.05, 3.63) is 0 Å². The van der Waals surface area contributed by atoms with Gasteiger partial charge in [0.15, 0.2) is 0 Å². The van der Waals surface area contributed by atoms with Crippen molar-refractivity contribution in [3.63, 3.8) is 0 Å². The molecule has 2 unspecified atom stereocenters. The number of carbonyl (C=O) groups excluding carboxylic acids is 1. The third kappa shape index (κ3) is 4.65. The van der Waals surface area contributed by atoms with Crippen LogP contribution in [-0.4, -0.2) is 37.0 Å². The fourth-order valence-electron chi connectivity index (χ4n) is 1.98. The molecule has 0 aliphatic carbocycles. The minimum Gasteiger partial charge on any atom is -0.347 e. The molecule has 90 valence electrons. The van der Waals surface area contributed by atoms with Crippen LogP contribution in [0.5, 0.6) is 0 Å². The van der Waals surface area contributed by atoms with E-state index in [0.29, 0.717) is 12.0 Å².